The Morgan fingerprint density at radius 1 is 1.38 bits per heavy atom. The van der Waals surface area contributed by atoms with E-state index in [0.29, 0.717) is 5.92 Å². The summed E-state index contributed by atoms with van der Waals surface area (Å²) in [5.74, 6) is 1.53. The lowest BCUT2D eigenvalue weighted by molar-refractivity contribution is 0.458. The largest absolute Gasteiger partial charge is 0.357 e. The third-order valence-electron chi connectivity index (χ3n) is 3.83. The molecule has 0 saturated carbocycles. The molecule has 24 heavy (non-hydrogen) atoms. The third kappa shape index (κ3) is 6.47. The van der Waals surface area contributed by atoms with Gasteiger partial charge in [-0.3, -0.25) is 4.99 Å². The molecule has 0 aliphatic rings. The molecular formula is C18H29IN4S. The molecule has 2 heterocycles. The number of hydrogen-bond donors (Lipinski definition) is 1. The molecule has 0 radical (unpaired) electrons. The number of nitrogens with zero attached hydrogens (tertiary/aromatic N) is 3. The minimum atomic E-state index is 0. The minimum Gasteiger partial charge on any atom is -0.357 e. The molecule has 6 heteroatoms. The van der Waals surface area contributed by atoms with Crippen molar-refractivity contribution in [3.63, 3.8) is 0 Å². The lowest BCUT2D eigenvalue weighted by Gasteiger charge is -2.23. The van der Waals surface area contributed by atoms with Crippen molar-refractivity contribution in [3.8, 4) is 0 Å². The van der Waals surface area contributed by atoms with Crippen molar-refractivity contribution in [1.82, 2.24) is 14.8 Å². The smallest absolute Gasteiger partial charge is 0.194 e. The van der Waals surface area contributed by atoms with Crippen LogP contribution >= 0.6 is 35.3 Å². The molecule has 0 aliphatic carbocycles. The van der Waals surface area contributed by atoms with E-state index in [1.165, 1.54) is 10.6 Å². The fraction of sp³-hybridized carbons (Fsp3) is 0.500. The van der Waals surface area contributed by atoms with Crippen LogP contribution in [0.4, 0.5) is 0 Å². The van der Waals surface area contributed by atoms with Gasteiger partial charge in [-0.15, -0.1) is 35.3 Å². The molecule has 0 bridgehead atoms. The Bertz CT molecular complexity index is 606. The number of aryl methyl sites for hydroxylation is 1. The van der Waals surface area contributed by atoms with Gasteiger partial charge < -0.3 is 14.8 Å². The van der Waals surface area contributed by atoms with Crippen LogP contribution in [0.15, 0.2) is 40.8 Å². The summed E-state index contributed by atoms with van der Waals surface area (Å²) in [5.41, 5.74) is 1.28. The summed E-state index contributed by atoms with van der Waals surface area (Å²) in [7, 11) is 4.18. The number of thiophene rings is 1. The zero-order valence-corrected chi connectivity index (χ0v) is 18.2. The van der Waals surface area contributed by atoms with E-state index < -0.39 is 0 Å². The van der Waals surface area contributed by atoms with E-state index in [0.717, 1.165) is 32.0 Å². The van der Waals surface area contributed by atoms with E-state index in [1.54, 1.807) is 0 Å². The Hall–Kier alpha value is -1.02. The summed E-state index contributed by atoms with van der Waals surface area (Å²) >= 11 is 1.83. The first kappa shape index (κ1) is 21.0. The molecule has 2 aromatic heterocycles. The number of rotatable bonds is 7. The van der Waals surface area contributed by atoms with Crippen LogP contribution in [-0.2, 0) is 20.0 Å². The van der Waals surface area contributed by atoms with Gasteiger partial charge in [-0.05, 0) is 42.8 Å². The van der Waals surface area contributed by atoms with Gasteiger partial charge in [-0.2, -0.15) is 0 Å². The highest BCUT2D eigenvalue weighted by atomic mass is 127. The van der Waals surface area contributed by atoms with E-state index in [4.69, 9.17) is 4.99 Å². The topological polar surface area (TPSA) is 32.6 Å². The van der Waals surface area contributed by atoms with Gasteiger partial charge in [0.1, 0.15) is 0 Å². The first-order chi connectivity index (χ1) is 11.1. The van der Waals surface area contributed by atoms with Crippen LogP contribution in [0.3, 0.4) is 0 Å². The van der Waals surface area contributed by atoms with E-state index in [-0.39, 0.29) is 24.0 Å². The Kier molecular flexibility index (Phi) is 9.43. The van der Waals surface area contributed by atoms with Crippen molar-refractivity contribution < 1.29 is 0 Å². The molecule has 0 aliphatic heterocycles. The fourth-order valence-electron chi connectivity index (χ4n) is 2.53. The summed E-state index contributed by atoms with van der Waals surface area (Å²) in [6.45, 7) is 6.97. The predicted octanol–water partition coefficient (Wildman–Crippen LogP) is 3.98. The number of aromatic nitrogens is 1. The van der Waals surface area contributed by atoms with Gasteiger partial charge in [0.2, 0.25) is 0 Å². The van der Waals surface area contributed by atoms with E-state index in [2.05, 4.69) is 78.6 Å². The molecule has 2 rings (SSSR count). The number of halogens is 1. The van der Waals surface area contributed by atoms with Crippen LogP contribution in [0, 0.1) is 5.92 Å². The normalized spacial score (nSPS) is 12.6. The van der Waals surface area contributed by atoms with Crippen molar-refractivity contribution in [2.75, 3.05) is 20.1 Å². The lowest BCUT2D eigenvalue weighted by Crippen LogP contribution is -2.39. The molecule has 0 aromatic carbocycles. The quantitative estimate of drug-likeness (QED) is 0.385. The first-order valence-electron chi connectivity index (χ1n) is 8.22. The van der Waals surface area contributed by atoms with Crippen LogP contribution in [-0.4, -0.2) is 35.6 Å². The SMILES string of the molecule is CCNC(=NCC(C)Cc1cccs1)N(C)Cc1cccn1C.I. The average Bonchev–Trinajstić information content (AvgIpc) is 3.16. The molecule has 0 amide bonds. The summed E-state index contributed by atoms with van der Waals surface area (Å²) < 4.78 is 2.15. The van der Waals surface area contributed by atoms with Gasteiger partial charge in [-0.25, -0.2) is 0 Å². The molecule has 1 N–H and O–H groups in total. The van der Waals surface area contributed by atoms with Gasteiger partial charge in [0.05, 0.1) is 6.54 Å². The maximum absolute atomic E-state index is 4.83. The second-order valence-corrected chi connectivity index (χ2v) is 7.08. The lowest BCUT2D eigenvalue weighted by atomic mass is 10.1. The molecule has 2 aromatic rings. The van der Waals surface area contributed by atoms with Crippen molar-refractivity contribution in [3.05, 3.63) is 46.4 Å². The Morgan fingerprint density at radius 2 is 2.17 bits per heavy atom. The van der Waals surface area contributed by atoms with Crippen LogP contribution < -0.4 is 5.32 Å². The van der Waals surface area contributed by atoms with Gasteiger partial charge in [0.25, 0.3) is 0 Å². The Labute approximate surface area is 167 Å². The van der Waals surface area contributed by atoms with Crippen LogP contribution in [0.25, 0.3) is 0 Å². The third-order valence-corrected chi connectivity index (χ3v) is 4.73. The summed E-state index contributed by atoms with van der Waals surface area (Å²) in [4.78, 5) is 8.46. The highest BCUT2D eigenvalue weighted by Crippen LogP contribution is 2.14. The zero-order chi connectivity index (χ0) is 16.7. The number of guanidine groups is 1. The van der Waals surface area contributed by atoms with Crippen LogP contribution in [0.5, 0.6) is 0 Å². The monoisotopic (exact) mass is 460 g/mol. The Morgan fingerprint density at radius 3 is 2.75 bits per heavy atom. The number of nitrogens with one attached hydrogen (secondary N) is 1. The van der Waals surface area contributed by atoms with Gasteiger partial charge in [0, 0.05) is 44.0 Å². The maximum atomic E-state index is 4.83. The summed E-state index contributed by atoms with van der Waals surface area (Å²) in [6, 6.07) is 8.56. The summed E-state index contributed by atoms with van der Waals surface area (Å²) in [5, 5.41) is 5.54. The number of aliphatic imine (C=N–C) groups is 1. The number of hydrogen-bond acceptors (Lipinski definition) is 2. The van der Waals surface area contributed by atoms with Crippen molar-refractivity contribution in [1.29, 1.82) is 0 Å². The first-order valence-corrected chi connectivity index (χ1v) is 9.10. The van der Waals surface area contributed by atoms with E-state index in [1.807, 2.05) is 11.3 Å². The average molecular weight is 460 g/mol. The zero-order valence-electron chi connectivity index (χ0n) is 15.0. The highest BCUT2D eigenvalue weighted by molar-refractivity contribution is 14.0. The summed E-state index contributed by atoms with van der Waals surface area (Å²) in [6.07, 6.45) is 3.18. The van der Waals surface area contributed by atoms with E-state index in [9.17, 15) is 0 Å². The molecule has 1 atom stereocenters. The Balaban J connectivity index is 0.00000288. The fourth-order valence-corrected chi connectivity index (χ4v) is 3.40. The maximum Gasteiger partial charge on any atom is 0.194 e. The minimum absolute atomic E-state index is 0. The molecule has 4 nitrogen and oxygen atoms in total. The molecule has 1 unspecified atom stereocenters. The van der Waals surface area contributed by atoms with Crippen LogP contribution in [0.2, 0.25) is 0 Å². The molecule has 0 spiro atoms. The standard InChI is InChI=1S/C18H28N4S.HI/c1-5-19-18(22(4)14-16-8-6-10-21(16)3)20-13-15(2)12-17-9-7-11-23-17;/h6-11,15H,5,12-14H2,1-4H3,(H,19,20);1H. The molecular weight excluding hydrogens is 431 g/mol. The molecule has 0 fully saturated rings. The van der Waals surface area contributed by atoms with Crippen molar-refractivity contribution in [2.24, 2.45) is 18.0 Å². The second kappa shape index (κ2) is 10.8. The van der Waals surface area contributed by atoms with Crippen LogP contribution in [0.1, 0.15) is 24.4 Å². The van der Waals surface area contributed by atoms with E-state index >= 15 is 0 Å². The highest BCUT2D eigenvalue weighted by Gasteiger charge is 2.10. The van der Waals surface area contributed by atoms with Gasteiger partial charge in [0.15, 0.2) is 5.96 Å². The van der Waals surface area contributed by atoms with Gasteiger partial charge >= 0.3 is 0 Å². The second-order valence-electron chi connectivity index (χ2n) is 6.05. The van der Waals surface area contributed by atoms with Crippen molar-refractivity contribution >= 4 is 41.3 Å². The van der Waals surface area contributed by atoms with Crippen molar-refractivity contribution in [2.45, 2.75) is 26.8 Å². The molecule has 0 saturated heterocycles. The van der Waals surface area contributed by atoms with Gasteiger partial charge in [-0.1, -0.05) is 13.0 Å². The predicted molar refractivity (Wildman–Crippen MR) is 115 cm³/mol. The molecule has 134 valence electrons.